The van der Waals surface area contributed by atoms with Gasteiger partial charge >= 0.3 is 0 Å². The van der Waals surface area contributed by atoms with Crippen molar-refractivity contribution in [3.63, 3.8) is 0 Å². The van der Waals surface area contributed by atoms with Crippen LogP contribution in [0.15, 0.2) is 18.5 Å². The SMILES string of the molecule is Cn1ccnc1C1=CC2CNCC2C1. The molecule has 2 atom stereocenters. The van der Waals surface area contributed by atoms with Gasteiger partial charge in [0.15, 0.2) is 0 Å². The lowest BCUT2D eigenvalue weighted by Gasteiger charge is -2.06. The number of rotatable bonds is 1. The lowest BCUT2D eigenvalue weighted by molar-refractivity contribution is 0.535. The predicted octanol–water partition coefficient (Wildman–Crippen LogP) is 1.04. The Morgan fingerprint density at radius 1 is 1.50 bits per heavy atom. The molecule has 1 saturated heterocycles. The van der Waals surface area contributed by atoms with Crippen molar-refractivity contribution in [2.75, 3.05) is 13.1 Å². The van der Waals surface area contributed by atoms with Gasteiger partial charge in [0, 0.05) is 26.0 Å². The average Bonchev–Trinajstić information content (AvgIpc) is 2.75. The summed E-state index contributed by atoms with van der Waals surface area (Å²) in [4.78, 5) is 4.40. The largest absolute Gasteiger partial charge is 0.334 e. The molecule has 2 heterocycles. The van der Waals surface area contributed by atoms with Crippen molar-refractivity contribution in [2.45, 2.75) is 6.42 Å². The highest BCUT2D eigenvalue weighted by Crippen LogP contribution is 2.37. The number of nitrogens with zero attached hydrogens (tertiary/aromatic N) is 2. The van der Waals surface area contributed by atoms with Crippen LogP contribution in [-0.2, 0) is 7.05 Å². The van der Waals surface area contributed by atoms with E-state index in [1.807, 2.05) is 12.4 Å². The van der Waals surface area contributed by atoms with Crippen LogP contribution in [0.1, 0.15) is 12.2 Å². The van der Waals surface area contributed by atoms with Crippen LogP contribution >= 0.6 is 0 Å². The summed E-state index contributed by atoms with van der Waals surface area (Å²) in [5, 5.41) is 3.43. The fraction of sp³-hybridized carbons (Fsp3) is 0.545. The van der Waals surface area contributed by atoms with Crippen molar-refractivity contribution >= 4 is 5.57 Å². The van der Waals surface area contributed by atoms with E-state index < -0.39 is 0 Å². The third-order valence-electron chi connectivity index (χ3n) is 3.40. The van der Waals surface area contributed by atoms with Crippen molar-refractivity contribution in [1.29, 1.82) is 0 Å². The number of fused-ring (bicyclic) bond motifs is 1. The second-order valence-corrected chi connectivity index (χ2v) is 4.34. The normalized spacial score (nSPS) is 30.5. The van der Waals surface area contributed by atoms with Gasteiger partial charge in [-0.15, -0.1) is 0 Å². The molecule has 0 amide bonds. The Labute approximate surface area is 83.8 Å². The first-order chi connectivity index (χ1) is 6.84. The Balaban J connectivity index is 1.91. The zero-order valence-electron chi connectivity index (χ0n) is 8.40. The molecule has 1 aliphatic heterocycles. The average molecular weight is 189 g/mol. The smallest absolute Gasteiger partial charge is 0.135 e. The molecule has 0 radical (unpaired) electrons. The van der Waals surface area contributed by atoms with Gasteiger partial charge < -0.3 is 9.88 Å². The van der Waals surface area contributed by atoms with Crippen molar-refractivity contribution in [3.8, 4) is 0 Å². The van der Waals surface area contributed by atoms with Gasteiger partial charge in [-0.05, 0) is 30.4 Å². The molecule has 1 aliphatic carbocycles. The van der Waals surface area contributed by atoms with E-state index in [1.54, 1.807) is 0 Å². The molecule has 0 bridgehead atoms. The molecule has 1 aromatic rings. The molecule has 1 N–H and O–H groups in total. The highest BCUT2D eigenvalue weighted by Gasteiger charge is 2.32. The molecule has 3 heteroatoms. The third kappa shape index (κ3) is 1.12. The minimum absolute atomic E-state index is 0.752. The Kier molecular flexibility index (Phi) is 1.74. The van der Waals surface area contributed by atoms with Crippen LogP contribution in [0.2, 0.25) is 0 Å². The van der Waals surface area contributed by atoms with Crippen LogP contribution in [-0.4, -0.2) is 22.6 Å². The molecule has 0 saturated carbocycles. The third-order valence-corrected chi connectivity index (χ3v) is 3.40. The van der Waals surface area contributed by atoms with Gasteiger partial charge in [0.2, 0.25) is 0 Å². The molecule has 14 heavy (non-hydrogen) atoms. The van der Waals surface area contributed by atoms with E-state index in [1.165, 1.54) is 18.5 Å². The van der Waals surface area contributed by atoms with E-state index in [0.29, 0.717) is 0 Å². The van der Waals surface area contributed by atoms with Crippen LogP contribution in [0.25, 0.3) is 5.57 Å². The molecule has 1 aromatic heterocycles. The molecule has 0 aromatic carbocycles. The number of aryl methyl sites for hydroxylation is 1. The molecule has 2 aliphatic rings. The highest BCUT2D eigenvalue weighted by molar-refractivity contribution is 5.63. The maximum atomic E-state index is 4.40. The summed E-state index contributed by atoms with van der Waals surface area (Å²) in [6.45, 7) is 2.33. The fourth-order valence-electron chi connectivity index (χ4n) is 2.62. The Bertz CT molecular complexity index is 378. The van der Waals surface area contributed by atoms with E-state index in [2.05, 4.69) is 28.0 Å². The summed E-state index contributed by atoms with van der Waals surface area (Å²) in [5.41, 5.74) is 1.44. The quantitative estimate of drug-likeness (QED) is 0.715. The van der Waals surface area contributed by atoms with Crippen LogP contribution in [0.3, 0.4) is 0 Å². The standard InChI is InChI=1S/C11H15N3/c1-14-3-2-13-11(14)8-4-9-6-12-7-10(9)5-8/h2-4,9-10,12H,5-7H2,1H3. The molecule has 3 nitrogen and oxygen atoms in total. The van der Waals surface area contributed by atoms with Gasteiger partial charge in [-0.25, -0.2) is 4.98 Å². The van der Waals surface area contributed by atoms with Crippen LogP contribution in [0, 0.1) is 11.8 Å². The van der Waals surface area contributed by atoms with Crippen LogP contribution in [0.5, 0.6) is 0 Å². The Hall–Kier alpha value is -1.09. The van der Waals surface area contributed by atoms with E-state index >= 15 is 0 Å². The van der Waals surface area contributed by atoms with Gasteiger partial charge in [-0.3, -0.25) is 0 Å². The van der Waals surface area contributed by atoms with E-state index in [-0.39, 0.29) is 0 Å². The lowest BCUT2D eigenvalue weighted by atomic mass is 10.00. The summed E-state index contributed by atoms with van der Waals surface area (Å²) in [6.07, 6.45) is 7.50. The number of allylic oxidation sites excluding steroid dienone is 1. The lowest BCUT2D eigenvalue weighted by Crippen LogP contribution is -2.09. The molecule has 74 valence electrons. The first-order valence-corrected chi connectivity index (χ1v) is 5.23. The maximum absolute atomic E-state index is 4.40. The number of hydrogen-bond donors (Lipinski definition) is 1. The minimum Gasteiger partial charge on any atom is -0.334 e. The second-order valence-electron chi connectivity index (χ2n) is 4.34. The van der Waals surface area contributed by atoms with Crippen molar-refractivity contribution < 1.29 is 0 Å². The van der Waals surface area contributed by atoms with E-state index in [4.69, 9.17) is 0 Å². The molecule has 2 unspecified atom stereocenters. The molecule has 1 fully saturated rings. The zero-order chi connectivity index (χ0) is 9.54. The first kappa shape index (κ1) is 8.24. The number of aromatic nitrogens is 2. The molecule has 3 rings (SSSR count). The zero-order valence-corrected chi connectivity index (χ0v) is 8.40. The van der Waals surface area contributed by atoms with Gasteiger partial charge in [0.1, 0.15) is 5.82 Å². The van der Waals surface area contributed by atoms with Crippen LogP contribution < -0.4 is 5.32 Å². The molecule has 0 spiro atoms. The number of imidazole rings is 1. The maximum Gasteiger partial charge on any atom is 0.135 e. The summed E-state index contributed by atoms with van der Waals surface area (Å²) in [5.74, 6) is 2.72. The Morgan fingerprint density at radius 3 is 3.14 bits per heavy atom. The van der Waals surface area contributed by atoms with Gasteiger partial charge in [-0.2, -0.15) is 0 Å². The predicted molar refractivity (Wildman–Crippen MR) is 55.7 cm³/mol. The summed E-state index contributed by atoms with van der Waals surface area (Å²) in [7, 11) is 2.07. The van der Waals surface area contributed by atoms with Gasteiger partial charge in [0.25, 0.3) is 0 Å². The summed E-state index contributed by atoms with van der Waals surface area (Å²) in [6, 6.07) is 0. The summed E-state index contributed by atoms with van der Waals surface area (Å²) < 4.78 is 2.11. The number of nitrogens with one attached hydrogen (secondary N) is 1. The molecular weight excluding hydrogens is 174 g/mol. The highest BCUT2D eigenvalue weighted by atomic mass is 15.0. The van der Waals surface area contributed by atoms with E-state index in [9.17, 15) is 0 Å². The van der Waals surface area contributed by atoms with Crippen molar-refractivity contribution in [3.05, 3.63) is 24.3 Å². The number of hydrogen-bond acceptors (Lipinski definition) is 2. The Morgan fingerprint density at radius 2 is 2.43 bits per heavy atom. The monoisotopic (exact) mass is 189 g/mol. The summed E-state index contributed by atoms with van der Waals surface area (Å²) >= 11 is 0. The fourth-order valence-corrected chi connectivity index (χ4v) is 2.62. The molecular formula is C11H15N3. The van der Waals surface area contributed by atoms with Crippen molar-refractivity contribution in [1.82, 2.24) is 14.9 Å². The second kappa shape index (κ2) is 2.95. The van der Waals surface area contributed by atoms with E-state index in [0.717, 1.165) is 24.2 Å². The first-order valence-electron chi connectivity index (χ1n) is 5.23. The minimum atomic E-state index is 0.752. The van der Waals surface area contributed by atoms with Gasteiger partial charge in [-0.1, -0.05) is 6.08 Å². The van der Waals surface area contributed by atoms with Crippen LogP contribution in [0.4, 0.5) is 0 Å². The van der Waals surface area contributed by atoms with Crippen molar-refractivity contribution in [2.24, 2.45) is 18.9 Å². The topological polar surface area (TPSA) is 29.9 Å². The van der Waals surface area contributed by atoms with Gasteiger partial charge in [0.05, 0.1) is 0 Å².